The van der Waals surface area contributed by atoms with Gasteiger partial charge in [-0.15, -0.1) is 0 Å². The monoisotopic (exact) mass is 479 g/mol. The molecule has 1 aromatic heterocycles. The molecule has 1 aromatic carbocycles. The molecule has 1 aliphatic carbocycles. The summed E-state index contributed by atoms with van der Waals surface area (Å²) >= 11 is 0. The van der Waals surface area contributed by atoms with Crippen molar-refractivity contribution in [2.45, 2.75) is 58.9 Å². The number of carbonyl (C=O) groups excluding carboxylic acids is 2. The van der Waals surface area contributed by atoms with Gasteiger partial charge in [-0.25, -0.2) is 4.39 Å². The smallest absolute Gasteiger partial charge is 0.239 e. The third-order valence-electron chi connectivity index (χ3n) is 7.50. The van der Waals surface area contributed by atoms with Gasteiger partial charge in [-0.1, -0.05) is 19.3 Å². The van der Waals surface area contributed by atoms with Gasteiger partial charge in [-0.05, 0) is 57.4 Å². The number of halogens is 1. The van der Waals surface area contributed by atoms with Gasteiger partial charge in [-0.3, -0.25) is 14.5 Å². The van der Waals surface area contributed by atoms with Crippen molar-refractivity contribution in [2.24, 2.45) is 0 Å². The lowest BCUT2D eigenvalue weighted by atomic mass is 9.95. The van der Waals surface area contributed by atoms with Gasteiger partial charge in [0.2, 0.25) is 5.91 Å². The van der Waals surface area contributed by atoms with Crippen LogP contribution in [0.4, 0.5) is 15.9 Å². The van der Waals surface area contributed by atoms with Crippen LogP contribution in [0, 0.1) is 31.0 Å². The highest BCUT2D eigenvalue weighted by Crippen LogP contribution is 2.36. The molecule has 0 atom stereocenters. The van der Waals surface area contributed by atoms with E-state index in [4.69, 9.17) is 0 Å². The van der Waals surface area contributed by atoms with Crippen LogP contribution in [0.2, 0.25) is 0 Å². The fourth-order valence-corrected chi connectivity index (χ4v) is 5.39. The van der Waals surface area contributed by atoms with E-state index >= 15 is 0 Å². The average molecular weight is 480 g/mol. The third-order valence-corrected chi connectivity index (χ3v) is 7.50. The number of anilines is 2. The summed E-state index contributed by atoms with van der Waals surface area (Å²) in [7, 11) is 0. The number of piperazine rings is 1. The minimum Gasteiger partial charge on any atom is -0.367 e. The number of ketones is 1. The molecule has 2 fully saturated rings. The van der Waals surface area contributed by atoms with Crippen LogP contribution in [0.5, 0.6) is 0 Å². The number of rotatable bonds is 6. The van der Waals surface area contributed by atoms with E-state index in [-0.39, 0.29) is 18.2 Å². The minimum absolute atomic E-state index is 0.137. The number of nitrogens with zero attached hydrogens (tertiary/aromatic N) is 4. The molecule has 4 rings (SSSR count). The van der Waals surface area contributed by atoms with Gasteiger partial charge in [0.1, 0.15) is 17.7 Å². The second-order valence-corrected chi connectivity index (χ2v) is 9.74. The zero-order valence-electron chi connectivity index (χ0n) is 20.9. The molecule has 7 nitrogen and oxygen atoms in total. The van der Waals surface area contributed by atoms with Gasteiger partial charge in [-0.2, -0.15) is 5.26 Å². The molecule has 1 amide bonds. The Labute approximate surface area is 206 Å². The lowest BCUT2D eigenvalue weighted by molar-refractivity contribution is -0.117. The summed E-state index contributed by atoms with van der Waals surface area (Å²) in [5, 5.41) is 12.9. The molecule has 1 aliphatic heterocycles. The fourth-order valence-electron chi connectivity index (χ4n) is 5.39. The van der Waals surface area contributed by atoms with Crippen LogP contribution >= 0.6 is 0 Å². The van der Waals surface area contributed by atoms with Crippen molar-refractivity contribution in [2.75, 3.05) is 42.9 Å². The van der Waals surface area contributed by atoms with Gasteiger partial charge in [0.25, 0.3) is 0 Å². The Kier molecular flexibility index (Phi) is 7.56. The van der Waals surface area contributed by atoms with Crippen LogP contribution in [-0.4, -0.2) is 53.9 Å². The molecule has 2 aliphatic rings. The first kappa shape index (κ1) is 24.9. The number of hydrogen-bond acceptors (Lipinski definition) is 5. The van der Waals surface area contributed by atoms with E-state index in [0.717, 1.165) is 24.1 Å². The molecule has 1 N–H and O–H groups in total. The molecule has 1 saturated carbocycles. The molecular formula is C27H34FN5O2. The Morgan fingerprint density at radius 1 is 1.11 bits per heavy atom. The maximum atomic E-state index is 14.5. The fraction of sp³-hybridized carbons (Fsp3) is 0.519. The summed E-state index contributed by atoms with van der Waals surface area (Å²) in [5.41, 5.74) is 3.38. The summed E-state index contributed by atoms with van der Waals surface area (Å²) < 4.78 is 16.7. The number of nitrogens with one attached hydrogen (secondary N) is 1. The van der Waals surface area contributed by atoms with Crippen LogP contribution in [0.15, 0.2) is 18.2 Å². The number of carbonyl (C=O) groups is 2. The Morgan fingerprint density at radius 3 is 2.40 bits per heavy atom. The third kappa shape index (κ3) is 5.25. The van der Waals surface area contributed by atoms with Crippen LogP contribution in [-0.2, 0) is 4.79 Å². The van der Waals surface area contributed by atoms with E-state index in [9.17, 15) is 19.2 Å². The van der Waals surface area contributed by atoms with E-state index < -0.39 is 5.82 Å². The van der Waals surface area contributed by atoms with Crippen LogP contribution in [0.25, 0.3) is 0 Å². The van der Waals surface area contributed by atoms with Gasteiger partial charge in [0.05, 0.1) is 17.8 Å². The summed E-state index contributed by atoms with van der Waals surface area (Å²) in [6, 6.07) is 7.21. The van der Waals surface area contributed by atoms with E-state index in [1.54, 1.807) is 12.1 Å². The predicted molar refractivity (Wildman–Crippen MR) is 134 cm³/mol. The predicted octanol–water partition coefficient (Wildman–Crippen LogP) is 4.58. The summed E-state index contributed by atoms with van der Waals surface area (Å²) in [6.45, 7) is 8.03. The molecule has 0 radical (unpaired) electrons. The lowest BCUT2D eigenvalue weighted by Crippen LogP contribution is -2.49. The standard InChI is InChI=1S/C27H34FN5O2/c1-18-19(2)33(22-7-5-4-6-8-22)27(23(18)16-29)30-26(35)17-31-11-13-32(14-12-31)25-10-9-21(20(3)34)15-24(25)28/h9-10,15,22H,4-8,11-14,17H2,1-3H3,(H,30,35). The Hall–Kier alpha value is -3.18. The quantitative estimate of drug-likeness (QED) is 0.613. The first-order chi connectivity index (χ1) is 16.8. The summed E-state index contributed by atoms with van der Waals surface area (Å²) in [5.74, 6) is -0.0693. The summed E-state index contributed by atoms with van der Waals surface area (Å²) in [4.78, 5) is 28.5. The van der Waals surface area contributed by atoms with Crippen molar-refractivity contribution in [3.8, 4) is 6.07 Å². The van der Waals surface area contributed by atoms with E-state index in [0.29, 0.717) is 54.9 Å². The zero-order chi connectivity index (χ0) is 25.1. The van der Waals surface area contributed by atoms with Crippen LogP contribution in [0.1, 0.15) is 72.2 Å². The van der Waals surface area contributed by atoms with Crippen molar-refractivity contribution in [1.82, 2.24) is 9.47 Å². The number of nitriles is 1. The largest absolute Gasteiger partial charge is 0.367 e. The topological polar surface area (TPSA) is 81.4 Å². The van der Waals surface area contributed by atoms with E-state index in [1.807, 2.05) is 23.6 Å². The highest BCUT2D eigenvalue weighted by Gasteiger charge is 2.27. The lowest BCUT2D eigenvalue weighted by Gasteiger charge is -2.36. The Bertz CT molecular complexity index is 1150. The van der Waals surface area contributed by atoms with Crippen molar-refractivity contribution >= 4 is 23.2 Å². The van der Waals surface area contributed by atoms with Crippen molar-refractivity contribution in [1.29, 1.82) is 5.26 Å². The molecule has 0 unspecified atom stereocenters. The van der Waals surface area contributed by atoms with Gasteiger partial charge < -0.3 is 14.8 Å². The van der Waals surface area contributed by atoms with Crippen molar-refractivity contribution in [3.05, 3.63) is 46.4 Å². The van der Waals surface area contributed by atoms with Gasteiger partial charge >= 0.3 is 0 Å². The first-order valence-corrected chi connectivity index (χ1v) is 12.5. The maximum Gasteiger partial charge on any atom is 0.239 e. The highest BCUT2D eigenvalue weighted by atomic mass is 19.1. The molecule has 0 spiro atoms. The molecule has 8 heteroatoms. The van der Waals surface area contributed by atoms with E-state index in [2.05, 4.69) is 16.0 Å². The molecule has 35 heavy (non-hydrogen) atoms. The highest BCUT2D eigenvalue weighted by molar-refractivity contribution is 5.94. The Morgan fingerprint density at radius 2 is 1.80 bits per heavy atom. The molecular weight excluding hydrogens is 445 g/mol. The SMILES string of the molecule is CC(=O)c1ccc(N2CCN(CC(=O)Nc3c(C#N)c(C)c(C)n3C3CCCCC3)CC2)c(F)c1. The second-order valence-electron chi connectivity index (χ2n) is 9.74. The molecule has 0 bridgehead atoms. The van der Waals surface area contributed by atoms with Gasteiger partial charge in [0, 0.05) is 43.5 Å². The number of benzene rings is 1. The number of amides is 1. The van der Waals surface area contributed by atoms with Crippen LogP contribution in [0.3, 0.4) is 0 Å². The van der Waals surface area contributed by atoms with Crippen molar-refractivity contribution in [3.63, 3.8) is 0 Å². The number of Topliss-reactive ketones (excluding diaryl/α,β-unsaturated/α-hetero) is 1. The minimum atomic E-state index is -0.401. The molecule has 2 aromatic rings. The normalized spacial score (nSPS) is 17.3. The first-order valence-electron chi connectivity index (χ1n) is 12.5. The van der Waals surface area contributed by atoms with Gasteiger partial charge in [0.15, 0.2) is 5.78 Å². The zero-order valence-corrected chi connectivity index (χ0v) is 20.9. The second kappa shape index (κ2) is 10.6. The average Bonchev–Trinajstić information content (AvgIpc) is 3.08. The number of aromatic nitrogens is 1. The van der Waals surface area contributed by atoms with Crippen LogP contribution < -0.4 is 10.2 Å². The van der Waals surface area contributed by atoms with E-state index in [1.165, 1.54) is 32.3 Å². The maximum absolute atomic E-state index is 14.5. The molecule has 186 valence electrons. The molecule has 2 heterocycles. The summed E-state index contributed by atoms with van der Waals surface area (Å²) in [6.07, 6.45) is 5.69. The van der Waals surface area contributed by atoms with Crippen molar-refractivity contribution < 1.29 is 14.0 Å². The number of hydrogen-bond donors (Lipinski definition) is 1. The Balaban J connectivity index is 1.40. The molecule has 1 saturated heterocycles.